The molecule has 0 saturated carbocycles. The van der Waals surface area contributed by atoms with E-state index in [1.165, 1.54) is 69.5 Å². The molecule has 0 nitrogen and oxygen atoms in total. The molecule has 4 aromatic rings. The summed E-state index contributed by atoms with van der Waals surface area (Å²) in [5.41, 5.74) is 16.0. The fourth-order valence-corrected chi connectivity index (χ4v) is 9.22. The Kier molecular flexibility index (Phi) is 11.5. The molecule has 0 N–H and O–H groups in total. The van der Waals surface area contributed by atoms with E-state index in [9.17, 15) is 0 Å². The fraction of sp³-hybridized carbons (Fsp3) is 0.417. The number of rotatable bonds is 2. The van der Waals surface area contributed by atoms with Crippen LogP contribution in [0.15, 0.2) is 96.1 Å². The van der Waals surface area contributed by atoms with Crippen molar-refractivity contribution >= 4 is 19.9 Å². The minimum Gasteiger partial charge on any atom is -0.189 e. The molecular weight excluding hydrogens is 783 g/mol. The Bertz CT molecular complexity index is 1750. The maximum absolute atomic E-state index is 3.53. The summed E-state index contributed by atoms with van der Waals surface area (Å²) >= 11 is 0. The molecule has 0 fully saturated rings. The van der Waals surface area contributed by atoms with E-state index < -0.39 is 0 Å². The molecule has 4 aromatic carbocycles. The third kappa shape index (κ3) is 8.39. The third-order valence-electron chi connectivity index (χ3n) is 11.6. The number of allylic oxidation sites excluding steroid dienone is 2. The Balaban J connectivity index is 0.000000147. The van der Waals surface area contributed by atoms with E-state index in [0.29, 0.717) is 21.7 Å². The molecule has 0 amide bonds. The molecule has 8 rings (SSSR count). The Morgan fingerprint density at radius 3 is 1.08 bits per heavy atom. The van der Waals surface area contributed by atoms with Crippen molar-refractivity contribution in [1.82, 2.24) is 0 Å². The number of fused-ring (bicyclic) bond motifs is 4. The van der Waals surface area contributed by atoms with Crippen LogP contribution >= 0.6 is 0 Å². The summed E-state index contributed by atoms with van der Waals surface area (Å²) < 4.78 is 0. The first-order chi connectivity index (χ1) is 23.0. The van der Waals surface area contributed by atoms with E-state index in [1.807, 2.05) is 0 Å². The molecule has 0 heterocycles. The molecule has 0 spiro atoms. The Morgan fingerprint density at radius 1 is 0.460 bits per heavy atom. The average molecular weight is 840 g/mol. The van der Waals surface area contributed by atoms with Crippen LogP contribution in [0, 0.1) is 12.2 Å². The van der Waals surface area contributed by atoms with Crippen LogP contribution in [0.1, 0.15) is 139 Å². The van der Waals surface area contributed by atoms with Gasteiger partial charge in [-0.1, -0.05) is 175 Å². The van der Waals surface area contributed by atoms with Gasteiger partial charge >= 0.3 is 0 Å². The van der Waals surface area contributed by atoms with Gasteiger partial charge in [-0.15, -0.1) is 34.4 Å². The summed E-state index contributed by atoms with van der Waals surface area (Å²) in [6.45, 7) is 23.5. The molecule has 0 aliphatic heterocycles. The largest absolute Gasteiger partial charge is 0.189 e. The molecular formula is C48H56HfSi-2. The topological polar surface area (TPSA) is 0 Å². The summed E-state index contributed by atoms with van der Waals surface area (Å²) in [6, 6.07) is 30.9. The third-order valence-corrected chi connectivity index (χ3v) is 12.8. The number of hydrogen-bond acceptors (Lipinski definition) is 0. The van der Waals surface area contributed by atoms with Crippen LogP contribution in [-0.4, -0.2) is 9.52 Å². The standard InChI is InChI=1S/2C18H23.C12H10Si.Hf/c2*1-12-8-13-10-15-16(11-14(13)9-12)18(4,5)7-6-17(15,2)3;1-3-7-11(8-4-1)13-12-9-5-2-6-10-12;/h2*10-11H,6-8H2,1-5H3;1-10H;/q2*-1;;. The van der Waals surface area contributed by atoms with Gasteiger partial charge in [-0.05, 0) is 47.3 Å². The van der Waals surface area contributed by atoms with Crippen LogP contribution < -0.4 is 10.4 Å². The van der Waals surface area contributed by atoms with Gasteiger partial charge in [-0.25, -0.2) is 0 Å². The van der Waals surface area contributed by atoms with Crippen LogP contribution in [-0.2, 0) is 60.3 Å². The fourth-order valence-electron chi connectivity index (χ4n) is 8.17. The maximum Gasteiger partial charge on any atom is 0.121 e. The Morgan fingerprint density at radius 2 is 0.760 bits per heavy atom. The first-order valence-electron chi connectivity index (χ1n) is 18.5. The molecule has 2 radical (unpaired) electrons. The second-order valence-corrected chi connectivity index (χ2v) is 19.1. The van der Waals surface area contributed by atoms with Crippen LogP contribution in [0.2, 0.25) is 0 Å². The normalized spacial score (nSPS) is 19.3. The van der Waals surface area contributed by atoms with Crippen LogP contribution in [0.4, 0.5) is 0 Å². The summed E-state index contributed by atoms with van der Waals surface area (Å²) in [7, 11) is 0.777. The summed E-state index contributed by atoms with van der Waals surface area (Å²) in [5, 5.41) is 2.79. The van der Waals surface area contributed by atoms with Crippen molar-refractivity contribution < 1.29 is 25.8 Å². The van der Waals surface area contributed by atoms with E-state index >= 15 is 0 Å². The van der Waals surface area contributed by atoms with Crippen molar-refractivity contribution in [3.05, 3.63) is 153 Å². The number of benzene rings is 4. The summed E-state index contributed by atoms with van der Waals surface area (Å²) in [5.74, 6) is 0. The predicted octanol–water partition coefficient (Wildman–Crippen LogP) is 10.7. The zero-order valence-electron chi connectivity index (χ0n) is 32.3. The van der Waals surface area contributed by atoms with Gasteiger partial charge in [0.2, 0.25) is 0 Å². The van der Waals surface area contributed by atoms with E-state index in [-0.39, 0.29) is 25.8 Å². The van der Waals surface area contributed by atoms with Gasteiger partial charge in [0.15, 0.2) is 0 Å². The zero-order valence-corrected chi connectivity index (χ0v) is 36.9. The second kappa shape index (κ2) is 14.8. The van der Waals surface area contributed by atoms with Crippen molar-refractivity contribution in [1.29, 1.82) is 0 Å². The first-order valence-corrected chi connectivity index (χ1v) is 19.5. The summed E-state index contributed by atoms with van der Waals surface area (Å²) in [6.07, 6.45) is 14.4. The van der Waals surface area contributed by atoms with E-state index in [2.05, 4.69) is 166 Å². The van der Waals surface area contributed by atoms with Crippen LogP contribution in [0.3, 0.4) is 0 Å². The quantitative estimate of drug-likeness (QED) is 0.139. The maximum atomic E-state index is 3.53. The molecule has 4 aliphatic carbocycles. The second-order valence-electron chi connectivity index (χ2n) is 17.7. The van der Waals surface area contributed by atoms with Crippen LogP contribution in [0.5, 0.6) is 0 Å². The molecule has 2 heteroatoms. The van der Waals surface area contributed by atoms with Crippen molar-refractivity contribution in [3.8, 4) is 0 Å². The molecule has 0 aromatic heterocycles. The summed E-state index contributed by atoms with van der Waals surface area (Å²) in [4.78, 5) is 0. The molecule has 0 unspecified atom stereocenters. The SMILES string of the molecule is CC1=[C-]c2cc3c(cc2C1)C(C)(C)CCC3(C)C.CC1=[C-]c2cc3c(cc2C1)C(C)(C)CCC3(C)C.[Hf].c1ccc([Si]c2ccccc2)cc1. The molecule has 0 saturated heterocycles. The molecule has 258 valence electrons. The van der Waals surface area contributed by atoms with Gasteiger partial charge in [-0.2, -0.15) is 35.4 Å². The van der Waals surface area contributed by atoms with Gasteiger partial charge < -0.3 is 0 Å². The van der Waals surface area contributed by atoms with Gasteiger partial charge in [0, 0.05) is 25.8 Å². The minimum atomic E-state index is 0. The molecule has 0 bridgehead atoms. The van der Waals surface area contributed by atoms with Gasteiger partial charge in [-0.3, -0.25) is 0 Å². The van der Waals surface area contributed by atoms with Gasteiger partial charge in [0.25, 0.3) is 0 Å². The Hall–Kier alpha value is -2.55. The first kappa shape index (κ1) is 38.7. The van der Waals surface area contributed by atoms with Crippen molar-refractivity contribution in [2.75, 3.05) is 0 Å². The van der Waals surface area contributed by atoms with Crippen molar-refractivity contribution in [2.24, 2.45) is 0 Å². The van der Waals surface area contributed by atoms with Gasteiger partial charge in [0.1, 0.15) is 9.52 Å². The molecule has 4 aliphatic rings. The Labute approximate surface area is 325 Å². The van der Waals surface area contributed by atoms with E-state index in [4.69, 9.17) is 0 Å². The van der Waals surface area contributed by atoms with E-state index in [0.717, 1.165) is 22.4 Å². The van der Waals surface area contributed by atoms with Gasteiger partial charge in [0.05, 0.1) is 0 Å². The van der Waals surface area contributed by atoms with E-state index in [1.54, 1.807) is 22.3 Å². The molecule has 0 atom stereocenters. The monoisotopic (exact) mass is 840 g/mol. The number of hydrogen-bond donors (Lipinski definition) is 0. The van der Waals surface area contributed by atoms with Crippen molar-refractivity contribution in [2.45, 2.75) is 129 Å². The average Bonchev–Trinajstić information content (AvgIpc) is 3.62. The molecule has 50 heavy (non-hydrogen) atoms. The van der Waals surface area contributed by atoms with Crippen LogP contribution in [0.25, 0.3) is 0 Å². The van der Waals surface area contributed by atoms with Crippen molar-refractivity contribution in [3.63, 3.8) is 0 Å². The predicted molar refractivity (Wildman–Crippen MR) is 212 cm³/mol. The minimum absolute atomic E-state index is 0. The zero-order chi connectivity index (χ0) is 35.2. The smallest absolute Gasteiger partial charge is 0.121 e.